The van der Waals surface area contributed by atoms with Crippen LogP contribution in [-0.2, 0) is 16.4 Å². The largest absolute Gasteiger partial charge is 0.477 e. The summed E-state index contributed by atoms with van der Waals surface area (Å²) in [5, 5.41) is 8.96. The van der Waals surface area contributed by atoms with E-state index in [2.05, 4.69) is 25.8 Å². The zero-order chi connectivity index (χ0) is 19.1. The van der Waals surface area contributed by atoms with Crippen LogP contribution in [-0.4, -0.2) is 31.0 Å². The van der Waals surface area contributed by atoms with Crippen LogP contribution in [0.4, 0.5) is 5.69 Å². The molecule has 0 fully saturated rings. The van der Waals surface area contributed by atoms with Crippen molar-refractivity contribution in [2.24, 2.45) is 11.3 Å². The van der Waals surface area contributed by atoms with E-state index in [1.165, 1.54) is 16.4 Å². The molecular formula is C19H22N2O4S. The monoisotopic (exact) mass is 374 g/mol. The predicted octanol–water partition coefficient (Wildman–Crippen LogP) is 3.19. The number of anilines is 1. The second-order valence-electron chi connectivity index (χ2n) is 7.62. The van der Waals surface area contributed by atoms with Crippen LogP contribution in [0.15, 0.2) is 47.5 Å². The third kappa shape index (κ3) is 3.31. The average molecular weight is 374 g/mol. The molecule has 1 aliphatic rings. The Kier molecular flexibility index (Phi) is 4.52. The number of benzene rings is 1. The molecule has 26 heavy (non-hydrogen) atoms. The number of fused-ring (bicyclic) bond motifs is 1. The molecule has 0 bridgehead atoms. The van der Waals surface area contributed by atoms with E-state index in [1.807, 2.05) is 24.3 Å². The van der Waals surface area contributed by atoms with Gasteiger partial charge in [-0.2, -0.15) is 0 Å². The minimum absolute atomic E-state index is 0.00753. The van der Waals surface area contributed by atoms with Gasteiger partial charge >= 0.3 is 5.97 Å². The van der Waals surface area contributed by atoms with Crippen LogP contribution in [0.3, 0.4) is 0 Å². The molecule has 3 rings (SSSR count). The van der Waals surface area contributed by atoms with Crippen molar-refractivity contribution in [3.63, 3.8) is 0 Å². The number of carboxylic acids is 1. The summed E-state index contributed by atoms with van der Waals surface area (Å²) in [5.41, 5.74) is 1.44. The zero-order valence-corrected chi connectivity index (χ0v) is 15.8. The molecule has 2 aromatic rings. The van der Waals surface area contributed by atoms with Gasteiger partial charge in [0.1, 0.15) is 10.6 Å². The number of pyridine rings is 1. The predicted molar refractivity (Wildman–Crippen MR) is 98.8 cm³/mol. The molecule has 0 radical (unpaired) electrons. The first kappa shape index (κ1) is 18.4. The molecule has 0 spiro atoms. The van der Waals surface area contributed by atoms with Crippen LogP contribution in [0.25, 0.3) is 0 Å². The van der Waals surface area contributed by atoms with Crippen molar-refractivity contribution in [1.82, 2.24) is 4.98 Å². The van der Waals surface area contributed by atoms with Gasteiger partial charge in [-0.15, -0.1) is 0 Å². The van der Waals surface area contributed by atoms with Gasteiger partial charge in [-0.1, -0.05) is 39.0 Å². The molecule has 0 amide bonds. The summed E-state index contributed by atoms with van der Waals surface area (Å²) in [4.78, 5) is 14.7. The minimum Gasteiger partial charge on any atom is -0.477 e. The molecule has 6 nitrogen and oxygen atoms in total. The van der Waals surface area contributed by atoms with Crippen molar-refractivity contribution < 1.29 is 18.3 Å². The van der Waals surface area contributed by atoms with Crippen LogP contribution in [0.2, 0.25) is 0 Å². The molecule has 1 aromatic carbocycles. The summed E-state index contributed by atoms with van der Waals surface area (Å²) in [6.45, 7) is 6.71. The summed E-state index contributed by atoms with van der Waals surface area (Å²) < 4.78 is 27.9. The van der Waals surface area contributed by atoms with Crippen molar-refractivity contribution in [3.05, 3.63) is 53.9 Å². The topological polar surface area (TPSA) is 87.6 Å². The maximum atomic E-state index is 13.2. The van der Waals surface area contributed by atoms with Crippen molar-refractivity contribution in [1.29, 1.82) is 0 Å². The quantitative estimate of drug-likeness (QED) is 0.891. The molecule has 138 valence electrons. The van der Waals surface area contributed by atoms with Gasteiger partial charge in [0.25, 0.3) is 10.0 Å². The summed E-state index contributed by atoms with van der Waals surface area (Å²) in [5.74, 6) is -1.02. The van der Waals surface area contributed by atoms with E-state index < -0.39 is 16.0 Å². The third-order valence-corrected chi connectivity index (χ3v) is 6.64. The van der Waals surface area contributed by atoms with Gasteiger partial charge in [0, 0.05) is 12.7 Å². The fourth-order valence-corrected chi connectivity index (χ4v) is 4.64. The highest BCUT2D eigenvalue weighted by Gasteiger charge is 2.37. The van der Waals surface area contributed by atoms with E-state index >= 15 is 0 Å². The van der Waals surface area contributed by atoms with E-state index in [0.29, 0.717) is 12.2 Å². The number of aromatic carboxylic acids is 1. The van der Waals surface area contributed by atoms with Gasteiger partial charge in [-0.05, 0) is 41.5 Å². The molecule has 1 unspecified atom stereocenters. The maximum absolute atomic E-state index is 13.2. The van der Waals surface area contributed by atoms with Gasteiger partial charge in [0.2, 0.25) is 0 Å². The Morgan fingerprint density at radius 1 is 1.19 bits per heavy atom. The average Bonchev–Trinajstić information content (AvgIpc) is 2.60. The summed E-state index contributed by atoms with van der Waals surface area (Å²) in [6.07, 6.45) is 1.93. The molecule has 1 N–H and O–H groups in total. The van der Waals surface area contributed by atoms with Crippen LogP contribution in [0, 0.1) is 11.3 Å². The first-order chi connectivity index (χ1) is 12.1. The number of nitrogens with zero attached hydrogens (tertiary/aromatic N) is 2. The Bertz CT molecular complexity index is 931. The molecule has 0 saturated carbocycles. The van der Waals surface area contributed by atoms with Crippen molar-refractivity contribution in [2.45, 2.75) is 32.1 Å². The number of hydrogen-bond acceptors (Lipinski definition) is 4. The fraction of sp³-hybridized carbons (Fsp3) is 0.368. The standard InChI is InChI=1S/C19H22N2O4S/c1-19(2,3)14-10-13-6-4-5-7-17(13)21(12-14)26(24,25)15-8-9-16(18(22)23)20-11-15/h4-9,11,14H,10,12H2,1-3H3,(H,22,23). The molecule has 1 aromatic heterocycles. The second kappa shape index (κ2) is 6.39. The van der Waals surface area contributed by atoms with Crippen molar-refractivity contribution >= 4 is 21.7 Å². The number of carbonyl (C=O) groups is 1. The highest BCUT2D eigenvalue weighted by Crippen LogP contribution is 2.40. The molecule has 1 aliphatic heterocycles. The SMILES string of the molecule is CC(C)(C)C1Cc2ccccc2N(S(=O)(=O)c2ccc(C(=O)O)nc2)C1. The Labute approximate surface area is 153 Å². The molecule has 0 saturated heterocycles. The van der Waals surface area contributed by atoms with Gasteiger partial charge < -0.3 is 5.11 Å². The van der Waals surface area contributed by atoms with Crippen molar-refractivity contribution in [2.75, 3.05) is 10.8 Å². The molecule has 2 heterocycles. The van der Waals surface area contributed by atoms with Gasteiger partial charge in [0.05, 0.1) is 5.69 Å². The van der Waals surface area contributed by atoms with E-state index in [-0.39, 0.29) is 21.9 Å². The molecular weight excluding hydrogens is 352 g/mol. The molecule has 0 aliphatic carbocycles. The van der Waals surface area contributed by atoms with Crippen molar-refractivity contribution in [3.8, 4) is 0 Å². The summed E-state index contributed by atoms with van der Waals surface area (Å²) in [6, 6.07) is 10.0. The Morgan fingerprint density at radius 3 is 2.46 bits per heavy atom. The number of hydrogen-bond donors (Lipinski definition) is 1. The number of aromatic nitrogens is 1. The number of sulfonamides is 1. The zero-order valence-electron chi connectivity index (χ0n) is 15.0. The van der Waals surface area contributed by atoms with Gasteiger partial charge in [-0.25, -0.2) is 18.2 Å². The van der Waals surface area contributed by atoms with Gasteiger partial charge in [-0.3, -0.25) is 4.31 Å². The third-order valence-electron chi connectivity index (χ3n) is 4.88. The van der Waals surface area contributed by atoms with E-state index in [0.717, 1.165) is 18.2 Å². The maximum Gasteiger partial charge on any atom is 0.354 e. The van der Waals surface area contributed by atoms with E-state index in [9.17, 15) is 13.2 Å². The highest BCUT2D eigenvalue weighted by molar-refractivity contribution is 7.92. The first-order valence-electron chi connectivity index (χ1n) is 8.40. The first-order valence-corrected chi connectivity index (χ1v) is 9.84. The number of rotatable bonds is 3. The highest BCUT2D eigenvalue weighted by atomic mass is 32.2. The number of carboxylic acid groups (broad SMARTS) is 1. The van der Waals surface area contributed by atoms with Crippen LogP contribution in [0.5, 0.6) is 0 Å². The minimum atomic E-state index is -3.83. The Balaban J connectivity index is 2.06. The fourth-order valence-electron chi connectivity index (χ4n) is 3.15. The second-order valence-corrected chi connectivity index (χ2v) is 9.48. The lowest BCUT2D eigenvalue weighted by molar-refractivity contribution is 0.0690. The van der Waals surface area contributed by atoms with Crippen LogP contribution in [0.1, 0.15) is 36.8 Å². The van der Waals surface area contributed by atoms with Crippen LogP contribution >= 0.6 is 0 Å². The van der Waals surface area contributed by atoms with Crippen LogP contribution < -0.4 is 4.31 Å². The number of para-hydroxylation sites is 1. The van der Waals surface area contributed by atoms with E-state index in [4.69, 9.17) is 5.11 Å². The summed E-state index contributed by atoms with van der Waals surface area (Å²) in [7, 11) is -3.83. The van der Waals surface area contributed by atoms with Gasteiger partial charge in [0.15, 0.2) is 0 Å². The Morgan fingerprint density at radius 2 is 1.88 bits per heavy atom. The molecule has 7 heteroatoms. The van der Waals surface area contributed by atoms with E-state index in [1.54, 1.807) is 0 Å². The smallest absolute Gasteiger partial charge is 0.354 e. The lowest BCUT2D eigenvalue weighted by Crippen LogP contribution is -2.44. The lowest BCUT2D eigenvalue weighted by atomic mass is 9.75. The lowest BCUT2D eigenvalue weighted by Gasteiger charge is -2.41. The summed E-state index contributed by atoms with van der Waals surface area (Å²) >= 11 is 0. The molecule has 1 atom stereocenters. The normalized spacial score (nSPS) is 17.7. The Hall–Kier alpha value is -2.41.